The lowest BCUT2D eigenvalue weighted by Gasteiger charge is -2.37. The summed E-state index contributed by atoms with van der Waals surface area (Å²) < 4.78 is 12.3. The second-order valence-corrected chi connectivity index (χ2v) is 7.78. The van der Waals surface area contributed by atoms with Crippen molar-refractivity contribution in [3.8, 4) is 0 Å². The number of carbonyl (C=O) groups excluding carboxylic acids is 1. The van der Waals surface area contributed by atoms with Gasteiger partial charge in [0.2, 0.25) is 0 Å². The van der Waals surface area contributed by atoms with Crippen LogP contribution in [0.25, 0.3) is 0 Å². The fraction of sp³-hybridized carbons (Fsp3) is 0.750. The molecule has 0 fully saturated rings. The number of hydrogen-bond acceptors (Lipinski definition) is 5. The van der Waals surface area contributed by atoms with Crippen LogP contribution in [0.1, 0.15) is 59.9 Å². The molecule has 7 heteroatoms. The van der Waals surface area contributed by atoms with E-state index in [1.54, 1.807) is 62.3 Å². The summed E-state index contributed by atoms with van der Waals surface area (Å²) in [5, 5.41) is 14.4. The molecule has 0 bridgehead atoms. The lowest BCUT2D eigenvalue weighted by molar-refractivity contribution is -0.0893. The molecule has 0 aromatic carbocycles. The second-order valence-electron chi connectivity index (χ2n) is 7.78. The molecule has 1 radical (unpaired) electrons. The number of aryl methyl sites for hydroxylation is 1. The van der Waals surface area contributed by atoms with Gasteiger partial charge in [0.25, 0.3) is 0 Å². The van der Waals surface area contributed by atoms with E-state index >= 15 is 0 Å². The van der Waals surface area contributed by atoms with Gasteiger partial charge in [-0.2, -0.15) is 9.78 Å². The van der Waals surface area contributed by atoms with Crippen LogP contribution in [0.3, 0.4) is 0 Å². The van der Waals surface area contributed by atoms with Gasteiger partial charge < -0.3 is 14.5 Å². The summed E-state index contributed by atoms with van der Waals surface area (Å²) in [6.07, 6.45) is -0.528. The van der Waals surface area contributed by atoms with Crippen LogP contribution in [-0.4, -0.2) is 45.3 Å². The fourth-order valence-corrected chi connectivity index (χ4v) is 1.66. The Morgan fingerprint density at radius 2 is 1.65 bits per heavy atom. The molecule has 0 amide bonds. The third-order valence-electron chi connectivity index (χ3n) is 3.86. The summed E-state index contributed by atoms with van der Waals surface area (Å²) in [6.45, 7) is 15.9. The van der Waals surface area contributed by atoms with E-state index in [1.165, 1.54) is 12.2 Å². The van der Waals surface area contributed by atoms with E-state index in [9.17, 15) is 9.90 Å². The lowest BCUT2D eigenvalue weighted by Crippen LogP contribution is -2.49. The van der Waals surface area contributed by atoms with Crippen molar-refractivity contribution < 1.29 is 19.3 Å². The van der Waals surface area contributed by atoms with Crippen molar-refractivity contribution in [3.63, 3.8) is 0 Å². The molecule has 0 saturated heterocycles. The number of rotatable bonds is 4. The first kappa shape index (κ1) is 19.7. The topological polar surface area (TPSA) is 73.6 Å². The molecule has 1 N–H and O–H groups in total. The predicted molar refractivity (Wildman–Crippen MR) is 90.2 cm³/mol. The Balaban J connectivity index is 2.97. The van der Waals surface area contributed by atoms with Crippen LogP contribution < -0.4 is 5.46 Å². The zero-order valence-electron chi connectivity index (χ0n) is 15.6. The third-order valence-corrected chi connectivity index (χ3v) is 3.86. The molecule has 6 nitrogen and oxygen atoms in total. The maximum atomic E-state index is 12.2. The van der Waals surface area contributed by atoms with Gasteiger partial charge in [-0.1, -0.05) is 0 Å². The van der Waals surface area contributed by atoms with Crippen LogP contribution in [0.2, 0.25) is 0 Å². The van der Waals surface area contributed by atoms with Crippen LogP contribution in [0, 0.1) is 13.8 Å². The molecule has 0 aliphatic carbocycles. The summed E-state index contributed by atoms with van der Waals surface area (Å²) in [6, 6.07) is 0. The van der Waals surface area contributed by atoms with Crippen molar-refractivity contribution in [2.45, 2.75) is 79.1 Å². The molecule has 1 aromatic rings. The summed E-state index contributed by atoms with van der Waals surface area (Å²) in [4.78, 5) is 12.2. The van der Waals surface area contributed by atoms with Crippen LogP contribution in [0.15, 0.2) is 0 Å². The van der Waals surface area contributed by atoms with Gasteiger partial charge in [-0.15, -0.1) is 0 Å². The number of ether oxygens (including phenoxy) is 1. The Bertz CT molecular complexity index is 580. The van der Waals surface area contributed by atoms with Gasteiger partial charge >= 0.3 is 13.6 Å². The highest BCUT2D eigenvalue weighted by Crippen LogP contribution is 2.24. The summed E-state index contributed by atoms with van der Waals surface area (Å²) in [5.41, 5.74) is -0.421. The van der Waals surface area contributed by atoms with E-state index in [1.807, 2.05) is 0 Å². The molecule has 0 aliphatic heterocycles. The van der Waals surface area contributed by atoms with Gasteiger partial charge in [0.15, 0.2) is 0 Å². The Morgan fingerprint density at radius 1 is 1.13 bits per heavy atom. The maximum absolute atomic E-state index is 12.2. The van der Waals surface area contributed by atoms with Crippen molar-refractivity contribution in [3.05, 3.63) is 11.4 Å². The molecular weight excluding hydrogens is 295 g/mol. The number of nitrogens with zero attached hydrogens (tertiary/aromatic N) is 2. The minimum atomic E-state index is -1.02. The summed E-state index contributed by atoms with van der Waals surface area (Å²) >= 11 is 0. The van der Waals surface area contributed by atoms with E-state index in [0.717, 1.165) is 0 Å². The van der Waals surface area contributed by atoms with E-state index in [-0.39, 0.29) is 0 Å². The fourth-order valence-electron chi connectivity index (χ4n) is 1.66. The molecule has 129 valence electrons. The highest BCUT2D eigenvalue weighted by Gasteiger charge is 2.36. The quantitative estimate of drug-likeness (QED) is 0.859. The molecule has 1 heterocycles. The zero-order chi connectivity index (χ0) is 18.2. The van der Waals surface area contributed by atoms with Crippen molar-refractivity contribution in [1.82, 2.24) is 9.78 Å². The molecule has 0 unspecified atom stereocenters. The van der Waals surface area contributed by atoms with Crippen LogP contribution >= 0.6 is 0 Å². The standard InChI is InChI=1S/C16H28BN2O4/c1-10-12(17-23-16(8,9)15(6,7)21)11(2)19(18-10)13(20)22-14(3,4)5/h21H,1-9H3. The maximum Gasteiger partial charge on any atom is 0.435 e. The highest BCUT2D eigenvalue weighted by molar-refractivity contribution is 6.48. The van der Waals surface area contributed by atoms with Gasteiger partial charge in [-0.05, 0) is 67.8 Å². The Hall–Kier alpha value is -1.34. The normalized spacial score (nSPS) is 13.1. The van der Waals surface area contributed by atoms with E-state index in [4.69, 9.17) is 9.39 Å². The molecule has 23 heavy (non-hydrogen) atoms. The molecular formula is C16H28BN2O4. The van der Waals surface area contributed by atoms with Crippen LogP contribution in [-0.2, 0) is 9.39 Å². The second kappa shape index (κ2) is 6.28. The Kier molecular flexibility index (Phi) is 5.38. The largest absolute Gasteiger partial charge is 0.442 e. The van der Waals surface area contributed by atoms with E-state index < -0.39 is 22.9 Å². The first-order valence-electron chi connectivity index (χ1n) is 7.69. The van der Waals surface area contributed by atoms with Gasteiger partial charge in [-0.25, -0.2) is 4.79 Å². The summed E-state index contributed by atoms with van der Waals surface area (Å²) in [5.74, 6) is 0. The van der Waals surface area contributed by atoms with Crippen molar-refractivity contribution in [2.75, 3.05) is 0 Å². The number of carbonyl (C=O) groups is 1. The molecule has 0 atom stereocenters. The first-order valence-corrected chi connectivity index (χ1v) is 7.69. The average Bonchev–Trinajstić information content (AvgIpc) is 2.59. The van der Waals surface area contributed by atoms with Gasteiger partial charge in [0.1, 0.15) is 5.60 Å². The first-order chi connectivity index (χ1) is 10.2. The summed E-state index contributed by atoms with van der Waals surface area (Å²) in [7, 11) is 1.54. The smallest absolute Gasteiger partial charge is 0.435 e. The van der Waals surface area contributed by atoms with Gasteiger partial charge in [0.05, 0.1) is 16.9 Å². The molecule has 1 rings (SSSR count). The number of hydrogen-bond donors (Lipinski definition) is 1. The molecule has 0 saturated carbocycles. The molecule has 0 aliphatic rings. The molecule has 0 spiro atoms. The Labute approximate surface area is 139 Å². The predicted octanol–water partition coefficient (Wildman–Crippen LogP) is 2.09. The van der Waals surface area contributed by atoms with Gasteiger partial charge in [0, 0.05) is 5.69 Å². The highest BCUT2D eigenvalue weighted by atomic mass is 16.6. The minimum Gasteiger partial charge on any atom is -0.442 e. The third kappa shape index (κ3) is 4.82. The molecule has 1 aromatic heterocycles. The average molecular weight is 323 g/mol. The number of aromatic nitrogens is 2. The minimum absolute atomic E-state index is 0.528. The Morgan fingerprint density at radius 3 is 2.09 bits per heavy atom. The van der Waals surface area contributed by atoms with Crippen molar-refractivity contribution >= 4 is 19.0 Å². The van der Waals surface area contributed by atoms with Crippen molar-refractivity contribution in [2.24, 2.45) is 0 Å². The number of aliphatic hydroxyl groups is 1. The van der Waals surface area contributed by atoms with Crippen molar-refractivity contribution in [1.29, 1.82) is 0 Å². The monoisotopic (exact) mass is 323 g/mol. The zero-order valence-corrected chi connectivity index (χ0v) is 15.6. The van der Waals surface area contributed by atoms with E-state index in [0.29, 0.717) is 16.9 Å². The van der Waals surface area contributed by atoms with Crippen LogP contribution in [0.4, 0.5) is 4.79 Å². The lowest BCUT2D eigenvalue weighted by atomic mass is 9.81. The van der Waals surface area contributed by atoms with E-state index in [2.05, 4.69) is 5.10 Å². The van der Waals surface area contributed by atoms with Crippen LogP contribution in [0.5, 0.6) is 0 Å². The van der Waals surface area contributed by atoms with Gasteiger partial charge in [-0.3, -0.25) is 0 Å². The SMILES string of the molecule is Cc1nn(C(=O)OC(C)(C)C)c(C)c1[B]OC(C)(C)C(C)(C)O.